The molecule has 0 aromatic heterocycles. The molecule has 0 radical (unpaired) electrons. The maximum absolute atomic E-state index is 13.4. The standard InChI is InChI=1S/C30H42O10/c1-14-12-20(40-25(35)15(14)2)16(3)29(37)23(34)24(39-17(4)31)30(38)19-13-22(33)28(36)10-7-8-21(32)27(28,6)18(19)9-11-26(29,30)5/h7-8,16,18-20,22-24,33-34,36-38H,9-13H2,1-6H3/t16-,18+,19-,20-,22-,23-,24+,26-,27+,28+,29+,30+/m1/s1. The Morgan fingerprint density at radius 1 is 1.12 bits per heavy atom. The van der Waals surface area contributed by atoms with Gasteiger partial charge in [0.2, 0.25) is 0 Å². The van der Waals surface area contributed by atoms with Crippen LogP contribution in [0, 0.1) is 28.6 Å². The Morgan fingerprint density at radius 3 is 2.38 bits per heavy atom. The zero-order valence-electron chi connectivity index (χ0n) is 24.0. The largest absolute Gasteiger partial charge is 0.458 e. The predicted molar refractivity (Wildman–Crippen MR) is 140 cm³/mol. The molecule has 0 unspecified atom stereocenters. The van der Waals surface area contributed by atoms with Gasteiger partial charge in [0.15, 0.2) is 11.9 Å². The summed E-state index contributed by atoms with van der Waals surface area (Å²) in [6, 6.07) is 0. The zero-order valence-corrected chi connectivity index (χ0v) is 24.0. The van der Waals surface area contributed by atoms with E-state index in [1.807, 2.05) is 0 Å². The van der Waals surface area contributed by atoms with Crippen molar-refractivity contribution in [3.8, 4) is 0 Å². The second-order valence-corrected chi connectivity index (χ2v) is 13.4. The molecule has 12 atom stereocenters. The van der Waals surface area contributed by atoms with Crippen molar-refractivity contribution in [2.24, 2.45) is 28.6 Å². The summed E-state index contributed by atoms with van der Waals surface area (Å²) in [7, 11) is 0. The number of cyclic esters (lactones) is 1. The fraction of sp³-hybridized carbons (Fsp3) is 0.767. The number of esters is 2. The first-order chi connectivity index (χ1) is 18.4. The van der Waals surface area contributed by atoms with Crippen LogP contribution in [-0.2, 0) is 23.9 Å². The topological polar surface area (TPSA) is 171 Å². The summed E-state index contributed by atoms with van der Waals surface area (Å²) >= 11 is 0. The van der Waals surface area contributed by atoms with Gasteiger partial charge in [-0.1, -0.05) is 25.5 Å². The van der Waals surface area contributed by atoms with Gasteiger partial charge in [0.1, 0.15) is 29.0 Å². The van der Waals surface area contributed by atoms with Gasteiger partial charge in [-0.25, -0.2) is 4.79 Å². The van der Waals surface area contributed by atoms with E-state index in [-0.39, 0.29) is 31.5 Å². The van der Waals surface area contributed by atoms with E-state index in [1.165, 1.54) is 6.08 Å². The van der Waals surface area contributed by atoms with Crippen molar-refractivity contribution < 1.29 is 49.4 Å². The molecule has 0 aromatic rings. The summed E-state index contributed by atoms with van der Waals surface area (Å²) in [5, 5.41) is 60.2. The third-order valence-electron chi connectivity index (χ3n) is 12.1. The maximum Gasteiger partial charge on any atom is 0.333 e. The number of allylic oxidation sites excluding steroid dienone is 1. The smallest absolute Gasteiger partial charge is 0.333 e. The molecule has 10 nitrogen and oxygen atoms in total. The normalized spacial score (nSPS) is 51.0. The molecule has 0 bridgehead atoms. The van der Waals surface area contributed by atoms with Crippen molar-refractivity contribution in [3.05, 3.63) is 23.3 Å². The van der Waals surface area contributed by atoms with Crippen LogP contribution >= 0.6 is 0 Å². The number of aliphatic hydroxyl groups is 5. The van der Waals surface area contributed by atoms with Gasteiger partial charge in [0, 0.05) is 30.3 Å². The zero-order chi connectivity index (χ0) is 29.8. The van der Waals surface area contributed by atoms with Crippen molar-refractivity contribution in [3.63, 3.8) is 0 Å². The van der Waals surface area contributed by atoms with Gasteiger partial charge >= 0.3 is 11.9 Å². The fourth-order valence-electron chi connectivity index (χ4n) is 9.37. The van der Waals surface area contributed by atoms with Crippen LogP contribution in [0.5, 0.6) is 0 Å². The molecule has 5 rings (SSSR count). The monoisotopic (exact) mass is 562 g/mol. The lowest BCUT2D eigenvalue weighted by Crippen LogP contribution is -2.75. The lowest BCUT2D eigenvalue weighted by molar-refractivity contribution is -0.292. The third-order valence-corrected chi connectivity index (χ3v) is 12.1. The molecule has 3 saturated carbocycles. The summed E-state index contributed by atoms with van der Waals surface area (Å²) in [6.45, 7) is 9.48. The van der Waals surface area contributed by atoms with Crippen molar-refractivity contribution >= 4 is 17.7 Å². The van der Waals surface area contributed by atoms with Crippen LogP contribution in [0.1, 0.15) is 73.6 Å². The first-order valence-corrected chi connectivity index (χ1v) is 14.2. The molecule has 0 spiro atoms. The second-order valence-electron chi connectivity index (χ2n) is 13.4. The van der Waals surface area contributed by atoms with E-state index in [4.69, 9.17) is 9.47 Å². The Kier molecular flexibility index (Phi) is 6.57. The van der Waals surface area contributed by atoms with Crippen LogP contribution in [0.4, 0.5) is 0 Å². The summed E-state index contributed by atoms with van der Waals surface area (Å²) in [6.07, 6.45) is -2.06. The summed E-state index contributed by atoms with van der Waals surface area (Å²) in [5.41, 5.74) is -7.68. The van der Waals surface area contributed by atoms with Crippen molar-refractivity contribution in [2.75, 3.05) is 0 Å². The predicted octanol–water partition coefficient (Wildman–Crippen LogP) is 1.11. The number of hydrogen-bond acceptors (Lipinski definition) is 10. The summed E-state index contributed by atoms with van der Waals surface area (Å²) in [4.78, 5) is 38.3. The highest BCUT2D eigenvalue weighted by Crippen LogP contribution is 2.71. The number of fused-ring (bicyclic) bond motifs is 5. The average Bonchev–Trinajstić information content (AvgIpc) is 3.01. The number of carbonyl (C=O) groups is 3. The first kappa shape index (κ1) is 29.4. The van der Waals surface area contributed by atoms with Crippen LogP contribution in [0.3, 0.4) is 0 Å². The Balaban J connectivity index is 1.65. The highest BCUT2D eigenvalue weighted by Gasteiger charge is 2.83. The van der Waals surface area contributed by atoms with Crippen LogP contribution in [-0.4, -0.2) is 84.5 Å². The SMILES string of the molecule is CC(=O)O[C@H]1[C@@H](O)[C@@](O)([C@H](C)[C@H]2CC(C)=C(C)C(=O)O2)[C@@]2(C)CC[C@H]3[C@@H](C[C@@H](O)[C@@]4(O)CC=CC(=O)[C@]34C)[C@]12O. The van der Waals surface area contributed by atoms with Gasteiger partial charge in [0.25, 0.3) is 0 Å². The molecule has 1 heterocycles. The number of ketones is 1. The van der Waals surface area contributed by atoms with E-state index >= 15 is 0 Å². The number of ether oxygens (including phenoxy) is 2. The van der Waals surface area contributed by atoms with Crippen molar-refractivity contribution in [1.82, 2.24) is 0 Å². The Morgan fingerprint density at radius 2 is 1.77 bits per heavy atom. The minimum Gasteiger partial charge on any atom is -0.458 e. The van der Waals surface area contributed by atoms with Gasteiger partial charge in [-0.05, 0) is 64.4 Å². The fourth-order valence-corrected chi connectivity index (χ4v) is 9.37. The molecular weight excluding hydrogens is 520 g/mol. The second kappa shape index (κ2) is 8.94. The molecule has 222 valence electrons. The van der Waals surface area contributed by atoms with Gasteiger partial charge in [-0.15, -0.1) is 0 Å². The molecule has 0 amide bonds. The molecule has 40 heavy (non-hydrogen) atoms. The van der Waals surface area contributed by atoms with Gasteiger partial charge in [-0.3, -0.25) is 9.59 Å². The number of carbonyl (C=O) groups excluding carboxylic acids is 3. The first-order valence-electron chi connectivity index (χ1n) is 14.2. The molecule has 5 aliphatic rings. The molecule has 1 aliphatic heterocycles. The van der Waals surface area contributed by atoms with Crippen LogP contribution in [0.25, 0.3) is 0 Å². The number of aliphatic hydroxyl groups excluding tert-OH is 2. The Bertz CT molecular complexity index is 1210. The molecule has 0 aromatic carbocycles. The maximum atomic E-state index is 13.4. The van der Waals surface area contributed by atoms with E-state index in [1.54, 1.807) is 40.7 Å². The average molecular weight is 563 g/mol. The lowest BCUT2D eigenvalue weighted by Gasteiger charge is -2.66. The molecule has 3 fully saturated rings. The molecule has 5 N–H and O–H groups in total. The van der Waals surface area contributed by atoms with E-state index in [9.17, 15) is 39.9 Å². The number of hydrogen-bond donors (Lipinski definition) is 5. The van der Waals surface area contributed by atoms with E-state index in [0.717, 1.165) is 12.5 Å². The highest BCUT2D eigenvalue weighted by atomic mass is 16.6. The van der Waals surface area contributed by atoms with E-state index < -0.39 is 81.7 Å². The molecule has 10 heteroatoms. The molecule has 0 saturated heterocycles. The quantitative estimate of drug-likeness (QED) is 0.314. The number of rotatable bonds is 3. The third kappa shape index (κ3) is 3.25. The van der Waals surface area contributed by atoms with Crippen molar-refractivity contribution in [2.45, 2.75) is 115 Å². The summed E-state index contributed by atoms with van der Waals surface area (Å²) < 4.78 is 11.3. The van der Waals surface area contributed by atoms with E-state index in [2.05, 4.69) is 0 Å². The minimum atomic E-state index is -2.10. The molecule has 4 aliphatic carbocycles. The van der Waals surface area contributed by atoms with E-state index in [0.29, 0.717) is 12.0 Å². The van der Waals surface area contributed by atoms with Crippen molar-refractivity contribution in [1.29, 1.82) is 0 Å². The highest BCUT2D eigenvalue weighted by molar-refractivity contribution is 5.97. The van der Waals surface area contributed by atoms with Gasteiger partial charge < -0.3 is 35.0 Å². The van der Waals surface area contributed by atoms with Gasteiger partial charge in [0.05, 0.1) is 11.5 Å². The van der Waals surface area contributed by atoms with Gasteiger partial charge in [-0.2, -0.15) is 0 Å². The Hall–Kier alpha value is -2.11. The summed E-state index contributed by atoms with van der Waals surface area (Å²) in [5.74, 6) is -4.17. The minimum absolute atomic E-state index is 0.0611. The van der Waals surface area contributed by atoms with Crippen LogP contribution in [0.2, 0.25) is 0 Å². The molecular formula is C30H42O10. The van der Waals surface area contributed by atoms with Crippen LogP contribution < -0.4 is 0 Å². The lowest BCUT2D eigenvalue weighted by atomic mass is 9.41. The van der Waals surface area contributed by atoms with Crippen LogP contribution in [0.15, 0.2) is 23.3 Å². The Labute approximate surface area is 234 Å².